The number of carbonyl (C=O) groups excluding carboxylic acids is 1. The van der Waals surface area contributed by atoms with Crippen LogP contribution in [0.2, 0.25) is 0 Å². The largest absolute Gasteiger partial charge is 0.459 e. The zero-order chi connectivity index (χ0) is 17.3. The summed E-state index contributed by atoms with van der Waals surface area (Å²) in [5.74, 6) is 0. The number of piperidine rings is 1. The first-order valence-corrected chi connectivity index (χ1v) is 8.48. The van der Waals surface area contributed by atoms with Gasteiger partial charge in [-0.3, -0.25) is 0 Å². The number of ether oxygens (including phenoxy) is 2. The zero-order valence-corrected chi connectivity index (χ0v) is 15.9. The normalized spacial score (nSPS) is 21.0. The summed E-state index contributed by atoms with van der Waals surface area (Å²) in [5.41, 5.74) is -0.703. The number of amides is 1. The molecule has 128 valence electrons. The molecule has 6 nitrogen and oxygen atoms in total. The number of halogens is 1. The van der Waals surface area contributed by atoms with Gasteiger partial charge in [-0.25, -0.2) is 14.8 Å². The van der Waals surface area contributed by atoms with Gasteiger partial charge >= 0.3 is 12.1 Å². The number of rotatable bonds is 2. The molecule has 1 fully saturated rings. The third kappa shape index (κ3) is 5.06. The smallest absolute Gasteiger partial charge is 0.410 e. The quantitative estimate of drug-likeness (QED) is 0.776. The molecule has 0 saturated carbocycles. The summed E-state index contributed by atoms with van der Waals surface area (Å²) < 4.78 is 12.2. The third-order valence-corrected chi connectivity index (χ3v) is 4.04. The maximum atomic E-state index is 12.2. The molecule has 0 radical (unpaired) electrons. The summed E-state index contributed by atoms with van der Waals surface area (Å²) in [7, 11) is 0. The van der Waals surface area contributed by atoms with Gasteiger partial charge in [-0.05, 0) is 36.7 Å². The number of nitrogens with zero attached hydrogens (tertiary/aromatic N) is 3. The highest BCUT2D eigenvalue weighted by Gasteiger charge is 2.40. The van der Waals surface area contributed by atoms with Crippen molar-refractivity contribution in [1.29, 1.82) is 0 Å². The second-order valence-electron chi connectivity index (χ2n) is 7.47. The molecular formula is C16H24BrN3O3. The van der Waals surface area contributed by atoms with E-state index in [0.29, 0.717) is 25.5 Å². The first-order chi connectivity index (χ1) is 10.6. The van der Waals surface area contributed by atoms with Crippen LogP contribution < -0.4 is 4.74 Å². The first kappa shape index (κ1) is 18.0. The topological polar surface area (TPSA) is 64.5 Å². The zero-order valence-electron chi connectivity index (χ0n) is 14.3. The molecule has 2 heterocycles. The summed E-state index contributed by atoms with van der Waals surface area (Å²) in [4.78, 5) is 22.3. The molecule has 1 aromatic rings. The molecule has 0 spiro atoms. The van der Waals surface area contributed by atoms with Crippen LogP contribution in [-0.2, 0) is 4.74 Å². The van der Waals surface area contributed by atoms with Crippen LogP contribution in [0.5, 0.6) is 6.01 Å². The Kier molecular flexibility index (Phi) is 5.18. The van der Waals surface area contributed by atoms with Crippen LogP contribution in [0, 0.1) is 5.41 Å². The van der Waals surface area contributed by atoms with E-state index in [0.717, 1.165) is 4.47 Å². The van der Waals surface area contributed by atoms with E-state index in [1.165, 1.54) is 0 Å². The fraction of sp³-hybridized carbons (Fsp3) is 0.688. The molecule has 0 bridgehead atoms. The molecule has 7 heteroatoms. The van der Waals surface area contributed by atoms with Gasteiger partial charge in [0.2, 0.25) is 0 Å². The highest BCUT2D eigenvalue weighted by molar-refractivity contribution is 9.10. The fourth-order valence-corrected chi connectivity index (χ4v) is 2.73. The van der Waals surface area contributed by atoms with Gasteiger partial charge in [0.05, 0.1) is 4.47 Å². The van der Waals surface area contributed by atoms with E-state index in [2.05, 4.69) is 39.7 Å². The molecule has 23 heavy (non-hydrogen) atoms. The van der Waals surface area contributed by atoms with Crippen molar-refractivity contribution in [2.75, 3.05) is 13.1 Å². The standard InChI is InChI=1S/C16H24BrN3O3/c1-15(2,3)23-14(21)20-7-6-12(16(4,5)10-20)22-13-18-8-11(17)9-19-13/h8-9,12H,6-7,10H2,1-5H3. The van der Waals surface area contributed by atoms with Crippen molar-refractivity contribution in [3.05, 3.63) is 16.9 Å². The van der Waals surface area contributed by atoms with Crippen molar-refractivity contribution in [1.82, 2.24) is 14.9 Å². The van der Waals surface area contributed by atoms with Crippen molar-refractivity contribution < 1.29 is 14.3 Å². The number of carbonyl (C=O) groups is 1. The molecule has 0 N–H and O–H groups in total. The molecule has 1 unspecified atom stereocenters. The maximum absolute atomic E-state index is 12.2. The fourth-order valence-electron chi connectivity index (χ4n) is 2.53. The van der Waals surface area contributed by atoms with E-state index in [1.54, 1.807) is 17.3 Å². The lowest BCUT2D eigenvalue weighted by Gasteiger charge is -2.43. The van der Waals surface area contributed by atoms with Gasteiger partial charge in [-0.15, -0.1) is 0 Å². The summed E-state index contributed by atoms with van der Waals surface area (Å²) >= 11 is 3.30. The Morgan fingerprint density at radius 3 is 2.48 bits per heavy atom. The summed E-state index contributed by atoms with van der Waals surface area (Å²) in [6, 6.07) is 0.358. The van der Waals surface area contributed by atoms with E-state index in [-0.39, 0.29) is 17.6 Å². The average molecular weight is 386 g/mol. The number of hydrogen-bond donors (Lipinski definition) is 0. The van der Waals surface area contributed by atoms with Gasteiger partial charge < -0.3 is 14.4 Å². The van der Waals surface area contributed by atoms with Crippen molar-refractivity contribution >= 4 is 22.0 Å². The number of hydrogen-bond acceptors (Lipinski definition) is 5. The molecule has 0 aliphatic carbocycles. The Morgan fingerprint density at radius 2 is 1.96 bits per heavy atom. The molecule has 1 atom stereocenters. The monoisotopic (exact) mass is 385 g/mol. The van der Waals surface area contributed by atoms with E-state index in [4.69, 9.17) is 9.47 Å². The second kappa shape index (κ2) is 6.63. The third-order valence-electron chi connectivity index (χ3n) is 3.63. The summed E-state index contributed by atoms with van der Waals surface area (Å²) in [6.45, 7) is 10.9. The highest BCUT2D eigenvalue weighted by atomic mass is 79.9. The number of aromatic nitrogens is 2. The highest BCUT2D eigenvalue weighted by Crippen LogP contribution is 2.32. The average Bonchev–Trinajstić information content (AvgIpc) is 2.41. The Balaban J connectivity index is 1.99. The number of likely N-dealkylation sites (tertiary alicyclic amines) is 1. The van der Waals surface area contributed by atoms with Gasteiger partial charge in [-0.1, -0.05) is 13.8 Å². The minimum Gasteiger partial charge on any atom is -0.459 e. The van der Waals surface area contributed by atoms with Gasteiger partial charge in [0.25, 0.3) is 0 Å². The van der Waals surface area contributed by atoms with Crippen molar-refractivity contribution in [2.45, 2.75) is 52.7 Å². The first-order valence-electron chi connectivity index (χ1n) is 7.69. The molecule has 0 aromatic carbocycles. The van der Waals surface area contributed by atoms with Crippen LogP contribution in [-0.4, -0.2) is 45.8 Å². The van der Waals surface area contributed by atoms with Gasteiger partial charge in [0.1, 0.15) is 11.7 Å². The van der Waals surface area contributed by atoms with Crippen molar-refractivity contribution in [2.24, 2.45) is 5.41 Å². The van der Waals surface area contributed by atoms with Crippen molar-refractivity contribution in [3.63, 3.8) is 0 Å². The van der Waals surface area contributed by atoms with Crippen LogP contribution in [0.3, 0.4) is 0 Å². The molecule has 1 aliphatic rings. The van der Waals surface area contributed by atoms with Gasteiger partial charge in [0.15, 0.2) is 0 Å². The summed E-state index contributed by atoms with van der Waals surface area (Å²) in [6.07, 6.45) is 3.70. The minimum atomic E-state index is -0.486. The second-order valence-corrected chi connectivity index (χ2v) is 8.39. The Labute approximate surface area is 145 Å². The SMILES string of the molecule is CC(C)(C)OC(=O)N1CCC(Oc2ncc(Br)cn2)C(C)(C)C1. The molecule has 2 rings (SSSR count). The molecule has 1 aromatic heterocycles. The lowest BCUT2D eigenvalue weighted by molar-refractivity contribution is -0.0307. The van der Waals surface area contributed by atoms with Gasteiger partial charge in [-0.2, -0.15) is 0 Å². The predicted molar refractivity (Wildman–Crippen MR) is 90.4 cm³/mol. The summed E-state index contributed by atoms with van der Waals surface area (Å²) in [5, 5.41) is 0. The lowest BCUT2D eigenvalue weighted by atomic mass is 9.81. The molecular weight excluding hydrogens is 362 g/mol. The lowest BCUT2D eigenvalue weighted by Crippen LogP contribution is -2.53. The molecule has 1 amide bonds. The van der Waals surface area contributed by atoms with Crippen LogP contribution in [0.15, 0.2) is 16.9 Å². The molecule has 1 saturated heterocycles. The predicted octanol–water partition coefficient (Wildman–Crippen LogP) is 3.65. The maximum Gasteiger partial charge on any atom is 0.410 e. The minimum absolute atomic E-state index is 0.0534. The van der Waals surface area contributed by atoms with Crippen LogP contribution in [0.25, 0.3) is 0 Å². The van der Waals surface area contributed by atoms with E-state index in [9.17, 15) is 4.79 Å². The van der Waals surface area contributed by atoms with Crippen LogP contribution >= 0.6 is 15.9 Å². The Morgan fingerprint density at radius 1 is 1.35 bits per heavy atom. The van der Waals surface area contributed by atoms with E-state index in [1.807, 2.05) is 20.8 Å². The Hall–Kier alpha value is -1.37. The van der Waals surface area contributed by atoms with E-state index >= 15 is 0 Å². The molecule has 1 aliphatic heterocycles. The van der Waals surface area contributed by atoms with E-state index < -0.39 is 5.60 Å². The Bertz CT molecular complexity index is 555. The van der Waals surface area contributed by atoms with Gasteiger partial charge in [0, 0.05) is 37.3 Å². The van der Waals surface area contributed by atoms with Crippen LogP contribution in [0.4, 0.5) is 4.79 Å². The van der Waals surface area contributed by atoms with Crippen molar-refractivity contribution in [3.8, 4) is 6.01 Å². The van der Waals surface area contributed by atoms with Crippen LogP contribution in [0.1, 0.15) is 41.0 Å².